The molecule has 0 bridgehead atoms. The lowest BCUT2D eigenvalue weighted by molar-refractivity contribution is 0.632. The van der Waals surface area contributed by atoms with E-state index in [1.165, 1.54) is 101 Å². The van der Waals surface area contributed by atoms with Gasteiger partial charge in [0.05, 0.1) is 5.69 Å². The Morgan fingerprint density at radius 3 is 2.00 bits per heavy atom. The summed E-state index contributed by atoms with van der Waals surface area (Å²) in [5, 5.41) is 0. The quantitative estimate of drug-likeness (QED) is 0.170. The average molecular weight is 667 g/mol. The van der Waals surface area contributed by atoms with Crippen molar-refractivity contribution in [1.29, 1.82) is 0 Å². The summed E-state index contributed by atoms with van der Waals surface area (Å²) in [7, 11) is 0. The lowest BCUT2D eigenvalue weighted by Crippen LogP contribution is -2.62. The third-order valence-corrected chi connectivity index (χ3v) is 12.6. The van der Waals surface area contributed by atoms with Crippen molar-refractivity contribution in [1.82, 2.24) is 0 Å². The molecule has 3 heteroatoms. The normalized spacial score (nSPS) is 16.0. The Hall–Kier alpha value is -5.80. The molecule has 0 N–H and O–H groups in total. The van der Waals surface area contributed by atoms with Crippen LogP contribution in [0.2, 0.25) is 0 Å². The van der Waals surface area contributed by atoms with Crippen LogP contribution in [-0.2, 0) is 10.8 Å². The topological polar surface area (TPSA) is 6.48 Å². The maximum atomic E-state index is 2.73. The molecule has 0 spiro atoms. The van der Waals surface area contributed by atoms with E-state index < -0.39 is 0 Å². The molecule has 0 fully saturated rings. The highest BCUT2D eigenvalue weighted by Gasteiger charge is 2.50. The number of para-hydroxylation sites is 2. The van der Waals surface area contributed by atoms with E-state index in [-0.39, 0.29) is 17.7 Å². The summed E-state index contributed by atoms with van der Waals surface area (Å²) in [5.41, 5.74) is 23.5. The van der Waals surface area contributed by atoms with Crippen LogP contribution >= 0.6 is 0 Å². The Morgan fingerprint density at radius 1 is 0.462 bits per heavy atom. The van der Waals surface area contributed by atoms with E-state index in [1.54, 1.807) is 0 Å². The minimum absolute atomic E-state index is 0.0256. The van der Waals surface area contributed by atoms with Crippen LogP contribution < -0.4 is 20.6 Å². The van der Waals surface area contributed by atoms with Crippen LogP contribution in [-0.4, -0.2) is 6.85 Å². The van der Waals surface area contributed by atoms with E-state index in [2.05, 4.69) is 190 Å². The summed E-state index contributed by atoms with van der Waals surface area (Å²) in [4.78, 5) is 5.33. The Morgan fingerprint density at radius 2 is 1.15 bits per heavy atom. The Bertz CT molecular complexity index is 2670. The van der Waals surface area contributed by atoms with Crippen LogP contribution in [0.5, 0.6) is 0 Å². The molecule has 0 atom stereocenters. The predicted octanol–water partition coefficient (Wildman–Crippen LogP) is 11.3. The van der Waals surface area contributed by atoms with Crippen LogP contribution in [0.25, 0.3) is 33.4 Å². The highest BCUT2D eigenvalue weighted by molar-refractivity contribution is 6.93. The first-order valence-electron chi connectivity index (χ1n) is 18.6. The molecule has 3 heterocycles. The number of anilines is 5. The van der Waals surface area contributed by atoms with Gasteiger partial charge in [-0.1, -0.05) is 149 Å². The molecule has 248 valence electrons. The predicted molar refractivity (Wildman–Crippen MR) is 220 cm³/mol. The Balaban J connectivity index is 1.28. The van der Waals surface area contributed by atoms with Gasteiger partial charge in [-0.25, -0.2) is 0 Å². The molecule has 3 aliphatic heterocycles. The SMILES string of the molecule is Cc1cc2c3c(c1)N1c4ccccc4C(C)(C)c4cccc(c41)B3N(c1cccc3c1C(C)(C)c1ccccc1-3)c1cc(-c3ccccc3)ccc1-2. The molecule has 2 nitrogen and oxygen atoms in total. The maximum absolute atomic E-state index is 2.73. The second kappa shape index (κ2) is 10.2. The van der Waals surface area contributed by atoms with Gasteiger partial charge < -0.3 is 9.71 Å². The van der Waals surface area contributed by atoms with Gasteiger partial charge in [0, 0.05) is 39.1 Å². The Labute approximate surface area is 307 Å². The van der Waals surface area contributed by atoms with Crippen molar-refractivity contribution < 1.29 is 0 Å². The van der Waals surface area contributed by atoms with Crippen molar-refractivity contribution in [3.05, 3.63) is 173 Å². The van der Waals surface area contributed by atoms with Gasteiger partial charge in [-0.15, -0.1) is 0 Å². The average Bonchev–Trinajstić information content (AvgIpc) is 3.40. The third kappa shape index (κ3) is 3.71. The van der Waals surface area contributed by atoms with Crippen molar-refractivity contribution in [2.75, 3.05) is 9.71 Å². The summed E-state index contributed by atoms with van der Waals surface area (Å²) >= 11 is 0. The van der Waals surface area contributed by atoms with Gasteiger partial charge in [-0.3, -0.25) is 0 Å². The van der Waals surface area contributed by atoms with E-state index in [0.717, 1.165) is 0 Å². The number of hydrogen-bond donors (Lipinski definition) is 0. The van der Waals surface area contributed by atoms with Crippen molar-refractivity contribution in [3.63, 3.8) is 0 Å². The maximum Gasteiger partial charge on any atom is 0.333 e. The van der Waals surface area contributed by atoms with Gasteiger partial charge >= 0.3 is 6.85 Å². The first-order chi connectivity index (χ1) is 25.2. The molecule has 0 amide bonds. The second-order valence-corrected chi connectivity index (χ2v) is 16.2. The second-order valence-electron chi connectivity index (χ2n) is 16.2. The minimum atomic E-state index is -0.173. The standard InChI is InChI=1S/C49H39BN2/c1-30-27-36-34-26-25-32(31-15-7-6-8-16-31)29-43(34)52(42-24-13-18-35-33-17-9-10-19-37(33)49(4,5)45(35)42)50-40-22-14-21-39-47(40)51(44(28-30)46(36)50)41-23-12-11-20-38(41)48(39,2)3/h6-29H,1-5H3. The molecule has 7 aromatic carbocycles. The molecule has 0 unspecified atom stereocenters. The Kier molecular flexibility index (Phi) is 5.84. The van der Waals surface area contributed by atoms with Crippen molar-refractivity contribution in [2.24, 2.45) is 0 Å². The van der Waals surface area contributed by atoms with Gasteiger partial charge in [-0.2, -0.15) is 0 Å². The van der Waals surface area contributed by atoms with Gasteiger partial charge in [0.25, 0.3) is 0 Å². The first-order valence-corrected chi connectivity index (χ1v) is 18.6. The molecule has 0 radical (unpaired) electrons. The van der Waals surface area contributed by atoms with Crippen LogP contribution in [0.4, 0.5) is 28.4 Å². The van der Waals surface area contributed by atoms with Gasteiger partial charge in [0.2, 0.25) is 0 Å². The minimum Gasteiger partial charge on any atom is -0.376 e. The fraction of sp³-hybridized carbons (Fsp3) is 0.143. The zero-order valence-corrected chi connectivity index (χ0v) is 30.3. The first kappa shape index (κ1) is 29.9. The highest BCUT2D eigenvalue weighted by Crippen LogP contribution is 2.57. The summed E-state index contributed by atoms with van der Waals surface area (Å²) in [6, 6.07) is 55.1. The van der Waals surface area contributed by atoms with Crippen LogP contribution in [0.15, 0.2) is 146 Å². The van der Waals surface area contributed by atoms with E-state index >= 15 is 0 Å². The molecule has 7 aromatic rings. The summed E-state index contributed by atoms with van der Waals surface area (Å²) in [6.45, 7) is 11.9. The summed E-state index contributed by atoms with van der Waals surface area (Å²) in [5.74, 6) is 0. The van der Waals surface area contributed by atoms with Gasteiger partial charge in [0.1, 0.15) is 0 Å². The molecule has 1 aliphatic carbocycles. The van der Waals surface area contributed by atoms with Crippen molar-refractivity contribution in [2.45, 2.75) is 45.4 Å². The lowest BCUT2D eigenvalue weighted by Gasteiger charge is -2.51. The number of aryl methyl sites for hydroxylation is 1. The van der Waals surface area contributed by atoms with Crippen molar-refractivity contribution >= 4 is 46.2 Å². The summed E-state index contributed by atoms with van der Waals surface area (Å²) in [6.07, 6.45) is 0. The molecule has 0 saturated carbocycles. The number of rotatable bonds is 2. The fourth-order valence-corrected chi connectivity index (χ4v) is 10.3. The monoisotopic (exact) mass is 666 g/mol. The van der Waals surface area contributed by atoms with Crippen LogP contribution in [0.1, 0.15) is 55.5 Å². The smallest absolute Gasteiger partial charge is 0.333 e. The molecule has 4 aliphatic rings. The summed E-state index contributed by atoms with van der Waals surface area (Å²) < 4.78 is 0. The molecule has 0 saturated heterocycles. The van der Waals surface area contributed by atoms with Gasteiger partial charge in [-0.05, 0) is 97.7 Å². The number of nitrogens with zero attached hydrogens (tertiary/aromatic N) is 2. The molecule has 52 heavy (non-hydrogen) atoms. The lowest BCUT2D eigenvalue weighted by atomic mass is 9.42. The molecular weight excluding hydrogens is 627 g/mol. The van der Waals surface area contributed by atoms with Crippen molar-refractivity contribution in [3.8, 4) is 33.4 Å². The third-order valence-electron chi connectivity index (χ3n) is 12.6. The van der Waals surface area contributed by atoms with Crippen LogP contribution in [0.3, 0.4) is 0 Å². The van der Waals surface area contributed by atoms with E-state index in [1.807, 2.05) is 0 Å². The van der Waals surface area contributed by atoms with E-state index in [9.17, 15) is 0 Å². The number of benzene rings is 7. The fourth-order valence-electron chi connectivity index (χ4n) is 10.3. The number of hydrogen-bond acceptors (Lipinski definition) is 2. The largest absolute Gasteiger partial charge is 0.376 e. The zero-order chi connectivity index (χ0) is 35.1. The van der Waals surface area contributed by atoms with E-state index in [4.69, 9.17) is 0 Å². The number of fused-ring (bicyclic) bond motifs is 9. The van der Waals surface area contributed by atoms with E-state index in [0.29, 0.717) is 0 Å². The highest BCUT2D eigenvalue weighted by atomic mass is 15.2. The molecule has 0 aromatic heterocycles. The molecule has 11 rings (SSSR count). The van der Waals surface area contributed by atoms with Crippen LogP contribution in [0, 0.1) is 6.92 Å². The zero-order valence-electron chi connectivity index (χ0n) is 30.3. The van der Waals surface area contributed by atoms with Gasteiger partial charge in [0.15, 0.2) is 0 Å². The molecular formula is C49H39BN2.